The highest BCUT2D eigenvalue weighted by atomic mass is 32.1. The molecule has 0 spiro atoms. The normalized spacial score (nSPS) is 14.5. The van der Waals surface area contributed by atoms with Crippen molar-refractivity contribution >= 4 is 38.6 Å². The lowest BCUT2D eigenvalue weighted by Gasteiger charge is -2.08. The summed E-state index contributed by atoms with van der Waals surface area (Å²) < 4.78 is 1.30. The van der Waals surface area contributed by atoms with E-state index in [0.29, 0.717) is 12.5 Å². The lowest BCUT2D eigenvalue weighted by Crippen LogP contribution is -2.02. The number of anilines is 1. The van der Waals surface area contributed by atoms with Gasteiger partial charge in [0.05, 0.1) is 15.9 Å². The molecule has 1 saturated carbocycles. The smallest absolute Gasteiger partial charge is 0.0871 e. The average molecular weight is 344 g/mol. The molecule has 0 amide bonds. The van der Waals surface area contributed by atoms with Crippen molar-refractivity contribution in [3.8, 4) is 0 Å². The van der Waals surface area contributed by atoms with Crippen LogP contribution >= 0.6 is 22.7 Å². The van der Waals surface area contributed by atoms with Gasteiger partial charge in [-0.05, 0) is 61.7 Å². The topological polar surface area (TPSA) is 50.9 Å². The number of fused-ring (bicyclic) bond motifs is 1. The molecule has 0 radical (unpaired) electrons. The van der Waals surface area contributed by atoms with Crippen molar-refractivity contribution in [1.29, 1.82) is 0 Å². The molecule has 5 heteroatoms. The summed E-state index contributed by atoms with van der Waals surface area (Å²) in [5.41, 5.74) is 10.8. The van der Waals surface area contributed by atoms with E-state index in [1.807, 2.05) is 11.3 Å². The van der Waals surface area contributed by atoms with E-state index in [-0.39, 0.29) is 0 Å². The fourth-order valence-electron chi connectivity index (χ4n) is 3.09. The molecular formula is C18H21N3S2. The van der Waals surface area contributed by atoms with Crippen LogP contribution in [0.5, 0.6) is 0 Å². The molecule has 3 nitrogen and oxygen atoms in total. The molecule has 3 aromatic heterocycles. The summed E-state index contributed by atoms with van der Waals surface area (Å²) in [5, 5.41) is 5.75. The number of pyridine rings is 1. The maximum Gasteiger partial charge on any atom is 0.0871 e. The molecule has 1 aliphatic carbocycles. The average Bonchev–Trinajstić information content (AvgIpc) is 3.09. The summed E-state index contributed by atoms with van der Waals surface area (Å²) >= 11 is 3.68. The molecule has 3 aromatic rings. The number of aryl methyl sites for hydroxylation is 1. The molecular weight excluding hydrogens is 322 g/mol. The van der Waals surface area contributed by atoms with Crippen LogP contribution in [0.2, 0.25) is 0 Å². The zero-order valence-corrected chi connectivity index (χ0v) is 14.9. The van der Waals surface area contributed by atoms with Gasteiger partial charge in [0, 0.05) is 22.0 Å². The Morgan fingerprint density at radius 3 is 2.96 bits per heavy atom. The summed E-state index contributed by atoms with van der Waals surface area (Å²) in [7, 11) is 0. The Morgan fingerprint density at radius 2 is 2.26 bits per heavy atom. The van der Waals surface area contributed by atoms with E-state index in [1.54, 1.807) is 11.3 Å². The minimum absolute atomic E-state index is 0.712. The van der Waals surface area contributed by atoms with Crippen LogP contribution in [0.1, 0.15) is 39.8 Å². The summed E-state index contributed by atoms with van der Waals surface area (Å²) in [5.74, 6) is 0.713. The third kappa shape index (κ3) is 3.01. The van der Waals surface area contributed by atoms with E-state index < -0.39 is 0 Å². The van der Waals surface area contributed by atoms with E-state index in [2.05, 4.69) is 35.8 Å². The summed E-state index contributed by atoms with van der Waals surface area (Å²) in [6.45, 7) is 3.68. The van der Waals surface area contributed by atoms with Crippen molar-refractivity contribution in [2.24, 2.45) is 5.73 Å². The van der Waals surface area contributed by atoms with Crippen molar-refractivity contribution in [3.05, 3.63) is 44.6 Å². The molecule has 1 fully saturated rings. The van der Waals surface area contributed by atoms with Crippen molar-refractivity contribution in [3.63, 3.8) is 0 Å². The molecule has 0 aliphatic heterocycles. The number of rotatable bonds is 6. The maximum atomic E-state index is 5.83. The van der Waals surface area contributed by atoms with E-state index >= 15 is 0 Å². The molecule has 0 aromatic carbocycles. The Kier molecular flexibility index (Phi) is 4.09. The molecule has 1 aliphatic rings. The van der Waals surface area contributed by atoms with Gasteiger partial charge >= 0.3 is 0 Å². The van der Waals surface area contributed by atoms with Gasteiger partial charge in [-0.15, -0.1) is 22.7 Å². The number of nitrogens with one attached hydrogen (secondary N) is 1. The minimum atomic E-state index is 0.712. The van der Waals surface area contributed by atoms with Crippen molar-refractivity contribution in [1.82, 2.24) is 4.98 Å². The van der Waals surface area contributed by atoms with E-state index in [0.717, 1.165) is 18.7 Å². The first-order valence-electron chi connectivity index (χ1n) is 8.15. The fourth-order valence-corrected chi connectivity index (χ4v) is 5.07. The number of nitrogens with two attached hydrogens (primary N) is 1. The van der Waals surface area contributed by atoms with E-state index in [9.17, 15) is 0 Å². The maximum absolute atomic E-state index is 5.83. The second-order valence-electron chi connectivity index (χ2n) is 6.17. The van der Waals surface area contributed by atoms with Gasteiger partial charge in [-0.2, -0.15) is 0 Å². The molecule has 0 bridgehead atoms. The largest absolute Gasteiger partial charge is 0.379 e. The standard InChI is InChI=1S/C18H21N3S2/c1-11-9-14(20-10-13-3-2-8-22-13)18-17(21-11)16(12-4-5-12)15(23-18)6-7-19/h2-3,8-9,12H,4-7,10,19H2,1H3,(H,20,21). The SMILES string of the molecule is Cc1cc(NCc2cccs2)c2sc(CCN)c(C3CC3)c2n1. The van der Waals surface area contributed by atoms with Gasteiger partial charge in [0.1, 0.15) is 0 Å². The van der Waals surface area contributed by atoms with Gasteiger partial charge in [-0.1, -0.05) is 6.07 Å². The number of thiophene rings is 2. The molecule has 0 atom stereocenters. The van der Waals surface area contributed by atoms with Crippen LogP contribution in [-0.4, -0.2) is 11.5 Å². The van der Waals surface area contributed by atoms with Crippen LogP contribution in [0.25, 0.3) is 10.2 Å². The monoisotopic (exact) mass is 343 g/mol. The van der Waals surface area contributed by atoms with E-state index in [1.165, 1.54) is 44.1 Å². The van der Waals surface area contributed by atoms with E-state index in [4.69, 9.17) is 10.7 Å². The molecule has 0 saturated heterocycles. The number of nitrogens with zero attached hydrogens (tertiary/aromatic N) is 1. The fraction of sp³-hybridized carbons (Fsp3) is 0.389. The Bertz CT molecular complexity index is 817. The highest BCUT2D eigenvalue weighted by Crippen LogP contribution is 2.49. The Labute approximate surface area is 144 Å². The quantitative estimate of drug-likeness (QED) is 0.684. The first kappa shape index (κ1) is 15.1. The highest BCUT2D eigenvalue weighted by Gasteiger charge is 2.30. The van der Waals surface area contributed by atoms with Gasteiger partial charge < -0.3 is 11.1 Å². The summed E-state index contributed by atoms with van der Waals surface area (Å²) in [4.78, 5) is 7.68. The molecule has 23 heavy (non-hydrogen) atoms. The highest BCUT2D eigenvalue weighted by molar-refractivity contribution is 7.19. The predicted octanol–water partition coefficient (Wildman–Crippen LogP) is 4.66. The van der Waals surface area contributed by atoms with Gasteiger partial charge in [-0.25, -0.2) is 0 Å². The van der Waals surface area contributed by atoms with Crippen LogP contribution in [0.4, 0.5) is 5.69 Å². The van der Waals surface area contributed by atoms with Gasteiger partial charge in [0.25, 0.3) is 0 Å². The Morgan fingerprint density at radius 1 is 1.39 bits per heavy atom. The molecule has 120 valence electrons. The third-order valence-corrected chi connectivity index (χ3v) is 6.44. The molecule has 3 heterocycles. The second kappa shape index (κ2) is 6.23. The molecule has 3 N–H and O–H groups in total. The Hall–Kier alpha value is -1.43. The van der Waals surface area contributed by atoms with Crippen molar-refractivity contribution in [2.45, 2.75) is 38.6 Å². The second-order valence-corrected chi connectivity index (χ2v) is 8.31. The summed E-state index contributed by atoms with van der Waals surface area (Å²) in [6.07, 6.45) is 3.57. The molecule has 4 rings (SSSR count). The lowest BCUT2D eigenvalue weighted by atomic mass is 10.1. The zero-order chi connectivity index (χ0) is 15.8. The third-order valence-electron chi connectivity index (χ3n) is 4.27. The van der Waals surface area contributed by atoms with Crippen LogP contribution in [0, 0.1) is 6.92 Å². The minimum Gasteiger partial charge on any atom is -0.379 e. The Balaban J connectivity index is 1.76. The van der Waals surface area contributed by atoms with Crippen LogP contribution < -0.4 is 11.1 Å². The lowest BCUT2D eigenvalue weighted by molar-refractivity contribution is 0.962. The number of aromatic nitrogens is 1. The number of hydrogen-bond acceptors (Lipinski definition) is 5. The first-order chi connectivity index (χ1) is 11.3. The van der Waals surface area contributed by atoms with Crippen LogP contribution in [0.15, 0.2) is 23.6 Å². The van der Waals surface area contributed by atoms with Crippen LogP contribution in [-0.2, 0) is 13.0 Å². The molecule has 0 unspecified atom stereocenters. The van der Waals surface area contributed by atoms with Crippen molar-refractivity contribution < 1.29 is 0 Å². The van der Waals surface area contributed by atoms with Gasteiger partial charge in [0.15, 0.2) is 0 Å². The van der Waals surface area contributed by atoms with Crippen molar-refractivity contribution in [2.75, 3.05) is 11.9 Å². The first-order valence-corrected chi connectivity index (χ1v) is 9.85. The summed E-state index contributed by atoms with van der Waals surface area (Å²) in [6, 6.07) is 6.45. The number of hydrogen-bond donors (Lipinski definition) is 2. The van der Waals surface area contributed by atoms with Gasteiger partial charge in [0.2, 0.25) is 0 Å². The predicted molar refractivity (Wildman–Crippen MR) is 101 cm³/mol. The van der Waals surface area contributed by atoms with Crippen LogP contribution in [0.3, 0.4) is 0 Å². The zero-order valence-electron chi connectivity index (χ0n) is 13.3. The van der Waals surface area contributed by atoms with Gasteiger partial charge in [-0.3, -0.25) is 4.98 Å².